The molecule has 0 aliphatic heterocycles. The Bertz CT molecular complexity index is 299. The summed E-state index contributed by atoms with van der Waals surface area (Å²) in [5.74, 6) is -0.189. The van der Waals surface area contributed by atoms with Crippen LogP contribution in [0.3, 0.4) is 0 Å². The molecule has 0 bridgehead atoms. The van der Waals surface area contributed by atoms with Crippen molar-refractivity contribution in [3.05, 3.63) is 46.7 Å². The fourth-order valence-corrected chi connectivity index (χ4v) is 1.31. The van der Waals surface area contributed by atoms with Crippen LogP contribution in [-0.2, 0) is 6.54 Å². The first-order chi connectivity index (χ1) is 6.24. The molecule has 0 saturated carbocycles. The standard InChI is InChI=1S/C10H11BrFN/c1-2-5-13-7-8-3-4-9(11)6-10(8)12/h2-4,6,13H,1,5,7H2. The zero-order valence-electron chi connectivity index (χ0n) is 7.19. The number of hydrogen-bond acceptors (Lipinski definition) is 1. The molecule has 0 amide bonds. The molecule has 13 heavy (non-hydrogen) atoms. The average Bonchev–Trinajstić information content (AvgIpc) is 2.09. The first kappa shape index (κ1) is 10.4. The highest BCUT2D eigenvalue weighted by Gasteiger charge is 2.00. The highest BCUT2D eigenvalue weighted by molar-refractivity contribution is 9.10. The van der Waals surface area contributed by atoms with Gasteiger partial charge in [0.05, 0.1) is 0 Å². The Morgan fingerprint density at radius 3 is 2.92 bits per heavy atom. The Balaban J connectivity index is 2.61. The molecule has 0 spiro atoms. The van der Waals surface area contributed by atoms with Crippen molar-refractivity contribution < 1.29 is 4.39 Å². The van der Waals surface area contributed by atoms with Crippen LogP contribution in [0.5, 0.6) is 0 Å². The second kappa shape index (κ2) is 5.14. The summed E-state index contributed by atoms with van der Waals surface area (Å²) in [6.07, 6.45) is 1.75. The van der Waals surface area contributed by atoms with Gasteiger partial charge < -0.3 is 5.32 Å². The summed E-state index contributed by atoms with van der Waals surface area (Å²) in [4.78, 5) is 0. The van der Waals surface area contributed by atoms with Crippen molar-refractivity contribution in [2.24, 2.45) is 0 Å². The third-order valence-electron chi connectivity index (χ3n) is 1.62. The smallest absolute Gasteiger partial charge is 0.128 e. The highest BCUT2D eigenvalue weighted by atomic mass is 79.9. The van der Waals surface area contributed by atoms with Crippen molar-refractivity contribution >= 4 is 15.9 Å². The molecule has 1 N–H and O–H groups in total. The number of rotatable bonds is 4. The fraction of sp³-hybridized carbons (Fsp3) is 0.200. The molecule has 0 heterocycles. The second-order valence-corrected chi connectivity index (χ2v) is 3.57. The fourth-order valence-electron chi connectivity index (χ4n) is 0.974. The molecular weight excluding hydrogens is 233 g/mol. The molecular formula is C10H11BrFN. The van der Waals surface area contributed by atoms with Crippen LogP contribution < -0.4 is 5.32 Å². The van der Waals surface area contributed by atoms with Crippen LogP contribution in [0.1, 0.15) is 5.56 Å². The lowest BCUT2D eigenvalue weighted by atomic mass is 10.2. The summed E-state index contributed by atoms with van der Waals surface area (Å²) < 4.78 is 13.9. The number of hydrogen-bond donors (Lipinski definition) is 1. The largest absolute Gasteiger partial charge is 0.309 e. The lowest BCUT2D eigenvalue weighted by Gasteiger charge is -2.03. The Hall–Kier alpha value is -0.670. The molecule has 1 rings (SSSR count). The van der Waals surface area contributed by atoms with Gasteiger partial charge in [-0.15, -0.1) is 6.58 Å². The van der Waals surface area contributed by atoms with E-state index in [1.54, 1.807) is 12.1 Å². The van der Waals surface area contributed by atoms with Crippen LogP contribution in [-0.4, -0.2) is 6.54 Å². The monoisotopic (exact) mass is 243 g/mol. The van der Waals surface area contributed by atoms with Gasteiger partial charge in [-0.2, -0.15) is 0 Å². The van der Waals surface area contributed by atoms with Crippen LogP contribution >= 0.6 is 15.9 Å². The van der Waals surface area contributed by atoms with Gasteiger partial charge in [-0.3, -0.25) is 0 Å². The molecule has 1 aromatic carbocycles. The molecule has 3 heteroatoms. The van der Waals surface area contributed by atoms with E-state index in [9.17, 15) is 4.39 Å². The van der Waals surface area contributed by atoms with Gasteiger partial charge in [0.25, 0.3) is 0 Å². The Labute approximate surface area is 85.8 Å². The molecule has 0 radical (unpaired) electrons. The predicted octanol–water partition coefficient (Wildman–Crippen LogP) is 2.86. The number of halogens is 2. The summed E-state index contributed by atoms with van der Waals surface area (Å²) >= 11 is 3.20. The maximum Gasteiger partial charge on any atom is 0.128 e. The van der Waals surface area contributed by atoms with Gasteiger partial charge in [-0.1, -0.05) is 28.1 Å². The molecule has 0 unspecified atom stereocenters. The van der Waals surface area contributed by atoms with Crippen LogP contribution in [0.15, 0.2) is 35.3 Å². The van der Waals surface area contributed by atoms with E-state index < -0.39 is 0 Å². The molecule has 0 saturated heterocycles. The SMILES string of the molecule is C=CCNCc1ccc(Br)cc1F. The Morgan fingerprint density at radius 1 is 1.54 bits per heavy atom. The van der Waals surface area contributed by atoms with E-state index in [2.05, 4.69) is 27.8 Å². The molecule has 0 atom stereocenters. The second-order valence-electron chi connectivity index (χ2n) is 2.66. The quantitative estimate of drug-likeness (QED) is 0.634. The summed E-state index contributed by atoms with van der Waals surface area (Å²) in [7, 11) is 0. The van der Waals surface area contributed by atoms with Gasteiger partial charge in [-0.25, -0.2) is 4.39 Å². The van der Waals surface area contributed by atoms with E-state index >= 15 is 0 Å². The van der Waals surface area contributed by atoms with Crippen LogP contribution in [0.25, 0.3) is 0 Å². The zero-order valence-corrected chi connectivity index (χ0v) is 8.77. The topological polar surface area (TPSA) is 12.0 Å². The first-order valence-electron chi connectivity index (χ1n) is 3.99. The molecule has 0 aromatic heterocycles. The predicted molar refractivity (Wildman–Crippen MR) is 56.0 cm³/mol. The number of benzene rings is 1. The summed E-state index contributed by atoms with van der Waals surface area (Å²) in [6.45, 7) is 4.79. The van der Waals surface area contributed by atoms with Gasteiger partial charge in [0.15, 0.2) is 0 Å². The minimum atomic E-state index is -0.189. The first-order valence-corrected chi connectivity index (χ1v) is 4.79. The summed E-state index contributed by atoms with van der Waals surface area (Å²) in [5.41, 5.74) is 0.671. The van der Waals surface area contributed by atoms with Crippen LogP contribution in [0.2, 0.25) is 0 Å². The molecule has 0 fully saturated rings. The third-order valence-corrected chi connectivity index (χ3v) is 2.11. The minimum absolute atomic E-state index is 0.189. The van der Waals surface area contributed by atoms with Gasteiger partial charge >= 0.3 is 0 Å². The van der Waals surface area contributed by atoms with Crippen molar-refractivity contribution in [3.63, 3.8) is 0 Å². The molecule has 0 aliphatic rings. The Kier molecular flexibility index (Phi) is 4.12. The van der Waals surface area contributed by atoms with Crippen molar-refractivity contribution in [2.75, 3.05) is 6.54 Å². The van der Waals surface area contributed by atoms with Crippen LogP contribution in [0, 0.1) is 5.82 Å². The van der Waals surface area contributed by atoms with Gasteiger partial charge in [0, 0.05) is 23.1 Å². The van der Waals surface area contributed by atoms with Crippen molar-refractivity contribution in [1.29, 1.82) is 0 Å². The lowest BCUT2D eigenvalue weighted by molar-refractivity contribution is 0.596. The molecule has 70 valence electrons. The van der Waals surface area contributed by atoms with Crippen LogP contribution in [0.4, 0.5) is 4.39 Å². The van der Waals surface area contributed by atoms with Crippen molar-refractivity contribution in [2.45, 2.75) is 6.54 Å². The number of nitrogens with one attached hydrogen (secondary N) is 1. The Morgan fingerprint density at radius 2 is 2.31 bits per heavy atom. The zero-order chi connectivity index (χ0) is 9.68. The van der Waals surface area contributed by atoms with Crippen molar-refractivity contribution in [1.82, 2.24) is 5.32 Å². The van der Waals surface area contributed by atoms with E-state index in [0.29, 0.717) is 18.7 Å². The van der Waals surface area contributed by atoms with E-state index in [1.807, 2.05) is 6.07 Å². The van der Waals surface area contributed by atoms with Gasteiger partial charge in [0.2, 0.25) is 0 Å². The summed E-state index contributed by atoms with van der Waals surface area (Å²) in [6, 6.07) is 5.05. The van der Waals surface area contributed by atoms with E-state index in [-0.39, 0.29) is 5.82 Å². The highest BCUT2D eigenvalue weighted by Crippen LogP contribution is 2.14. The summed E-state index contributed by atoms with van der Waals surface area (Å²) in [5, 5.41) is 3.04. The van der Waals surface area contributed by atoms with Crippen molar-refractivity contribution in [3.8, 4) is 0 Å². The molecule has 1 nitrogen and oxygen atoms in total. The lowest BCUT2D eigenvalue weighted by Crippen LogP contribution is -2.13. The normalized spacial score (nSPS) is 10.0. The maximum atomic E-state index is 13.2. The molecule has 1 aromatic rings. The average molecular weight is 244 g/mol. The molecule has 0 aliphatic carbocycles. The minimum Gasteiger partial charge on any atom is -0.309 e. The van der Waals surface area contributed by atoms with E-state index in [4.69, 9.17) is 0 Å². The van der Waals surface area contributed by atoms with Gasteiger partial charge in [0.1, 0.15) is 5.82 Å². The van der Waals surface area contributed by atoms with E-state index in [0.717, 1.165) is 4.47 Å². The maximum absolute atomic E-state index is 13.2. The third kappa shape index (κ3) is 3.28. The van der Waals surface area contributed by atoms with E-state index in [1.165, 1.54) is 6.07 Å². The van der Waals surface area contributed by atoms with Gasteiger partial charge in [-0.05, 0) is 12.1 Å².